The molecule has 0 saturated heterocycles. The first-order chi connectivity index (χ1) is 19.3. The van der Waals surface area contributed by atoms with Crippen LogP contribution in [0.25, 0.3) is 5.69 Å². The van der Waals surface area contributed by atoms with E-state index in [-0.39, 0.29) is 6.61 Å². The molecule has 1 aromatic heterocycles. The van der Waals surface area contributed by atoms with Crippen molar-refractivity contribution in [2.75, 3.05) is 6.61 Å². The van der Waals surface area contributed by atoms with Crippen molar-refractivity contribution in [2.24, 2.45) is 0 Å². The van der Waals surface area contributed by atoms with Gasteiger partial charge in [-0.25, -0.2) is 4.68 Å². The largest absolute Gasteiger partial charge is 0.494 e. The van der Waals surface area contributed by atoms with Gasteiger partial charge in [-0.05, 0) is 37.0 Å². The third kappa shape index (κ3) is 16.1. The Bertz CT molecular complexity index is 836. The average Bonchev–Trinajstić information content (AvgIpc) is 3.44. The van der Waals surface area contributed by atoms with Crippen LogP contribution in [0.4, 0.5) is 0 Å². The van der Waals surface area contributed by atoms with Crippen LogP contribution in [0.5, 0.6) is 5.75 Å². The second-order valence-corrected chi connectivity index (χ2v) is 11.5. The lowest BCUT2D eigenvalue weighted by atomic mass is 10.0. The minimum atomic E-state index is -0.0968. The van der Waals surface area contributed by atoms with Crippen molar-refractivity contribution in [1.29, 1.82) is 0 Å². The van der Waals surface area contributed by atoms with Gasteiger partial charge in [-0.2, -0.15) is 0 Å². The van der Waals surface area contributed by atoms with Gasteiger partial charge in [0.1, 0.15) is 11.4 Å². The Morgan fingerprint density at radius 1 is 0.641 bits per heavy atom. The molecule has 1 heterocycles. The van der Waals surface area contributed by atoms with Crippen molar-refractivity contribution in [3.63, 3.8) is 0 Å². The molecular weight excluding hydrogens is 482 g/mol. The first-order valence-electron chi connectivity index (χ1n) is 16.6. The van der Waals surface area contributed by atoms with Crippen molar-refractivity contribution < 1.29 is 9.84 Å². The van der Waals surface area contributed by atoms with Gasteiger partial charge in [0, 0.05) is 6.07 Å². The molecule has 5 nitrogen and oxygen atoms in total. The lowest BCUT2D eigenvalue weighted by molar-refractivity contribution is 0.276. The first kappa shape index (κ1) is 33.3. The number of aryl methyl sites for hydroxylation is 1. The maximum absolute atomic E-state index is 9.40. The van der Waals surface area contributed by atoms with Crippen molar-refractivity contribution in [3.05, 3.63) is 35.7 Å². The fourth-order valence-corrected chi connectivity index (χ4v) is 5.27. The lowest BCUT2D eigenvalue weighted by Crippen LogP contribution is -2.02. The molecule has 0 fully saturated rings. The van der Waals surface area contributed by atoms with Crippen LogP contribution < -0.4 is 4.74 Å². The van der Waals surface area contributed by atoms with Gasteiger partial charge in [-0.1, -0.05) is 141 Å². The summed E-state index contributed by atoms with van der Waals surface area (Å²) in [5.41, 5.74) is 2.83. The number of rotatable bonds is 26. The molecule has 0 atom stereocenters. The summed E-state index contributed by atoms with van der Waals surface area (Å²) in [6.45, 7) is 5.22. The van der Waals surface area contributed by atoms with E-state index in [9.17, 15) is 5.11 Å². The zero-order chi connectivity index (χ0) is 27.8. The fraction of sp³-hybridized carbons (Fsp3) is 0.765. The van der Waals surface area contributed by atoms with E-state index in [4.69, 9.17) is 4.74 Å². The van der Waals surface area contributed by atoms with Gasteiger partial charge in [0.25, 0.3) is 0 Å². The van der Waals surface area contributed by atoms with Crippen LogP contribution >= 0.6 is 0 Å². The third-order valence-corrected chi connectivity index (χ3v) is 7.75. The molecule has 0 bridgehead atoms. The van der Waals surface area contributed by atoms with E-state index in [1.807, 2.05) is 6.07 Å². The van der Waals surface area contributed by atoms with E-state index < -0.39 is 0 Å². The van der Waals surface area contributed by atoms with Gasteiger partial charge in [-0.15, -0.1) is 5.10 Å². The molecule has 0 saturated carbocycles. The van der Waals surface area contributed by atoms with Crippen molar-refractivity contribution >= 4 is 0 Å². The fourth-order valence-electron chi connectivity index (χ4n) is 5.27. The van der Waals surface area contributed by atoms with Gasteiger partial charge in [0.15, 0.2) is 0 Å². The van der Waals surface area contributed by atoms with E-state index in [0.717, 1.165) is 30.9 Å². The van der Waals surface area contributed by atoms with Gasteiger partial charge in [0.2, 0.25) is 0 Å². The van der Waals surface area contributed by atoms with Crippen molar-refractivity contribution in [1.82, 2.24) is 15.0 Å². The topological polar surface area (TPSA) is 60.2 Å². The average molecular weight is 542 g/mol. The van der Waals surface area contributed by atoms with Crippen molar-refractivity contribution in [3.8, 4) is 11.4 Å². The van der Waals surface area contributed by atoms with E-state index in [0.29, 0.717) is 5.69 Å². The predicted molar refractivity (Wildman–Crippen MR) is 165 cm³/mol. The minimum absolute atomic E-state index is 0.0968. The van der Waals surface area contributed by atoms with Crippen LogP contribution in [0, 0.1) is 0 Å². The molecule has 39 heavy (non-hydrogen) atoms. The molecule has 0 radical (unpaired) electrons. The molecule has 0 aliphatic rings. The van der Waals surface area contributed by atoms with Crippen LogP contribution in [0.2, 0.25) is 0 Å². The normalized spacial score (nSPS) is 11.4. The summed E-state index contributed by atoms with van der Waals surface area (Å²) in [6, 6.07) is 6.45. The highest BCUT2D eigenvalue weighted by Gasteiger charge is 2.08. The summed E-state index contributed by atoms with van der Waals surface area (Å²) >= 11 is 0. The maximum atomic E-state index is 9.40. The summed E-state index contributed by atoms with van der Waals surface area (Å²) in [6.07, 6.45) is 31.1. The number of benzene rings is 1. The van der Waals surface area contributed by atoms with Gasteiger partial charge < -0.3 is 9.84 Å². The van der Waals surface area contributed by atoms with Crippen LogP contribution in [-0.2, 0) is 13.0 Å². The molecule has 1 aromatic carbocycles. The molecule has 0 amide bonds. The number of aromatic nitrogens is 3. The van der Waals surface area contributed by atoms with E-state index in [1.165, 1.54) is 134 Å². The van der Waals surface area contributed by atoms with Crippen LogP contribution in [-0.4, -0.2) is 26.7 Å². The number of aliphatic hydroxyl groups is 1. The quantitative estimate of drug-likeness (QED) is 0.120. The Morgan fingerprint density at radius 2 is 1.15 bits per heavy atom. The lowest BCUT2D eigenvalue weighted by Gasteiger charge is -2.12. The van der Waals surface area contributed by atoms with E-state index in [2.05, 4.69) is 36.3 Å². The standard InChI is InChI=1S/C34H59N3O2/c1-3-5-7-9-11-13-14-15-16-17-18-20-22-24-31-26-33(37-29-32(30-38)35-36-37)28-34(27-31)39-25-23-21-19-12-10-8-6-4-2/h26-29,38H,3-25,30H2,1-2H3. The SMILES string of the molecule is CCCCCCCCCCCCCCCc1cc(OCCCCCCCCCC)cc(-n2cc(CO)nn2)c1. The number of hydrogen-bond donors (Lipinski definition) is 1. The highest BCUT2D eigenvalue weighted by molar-refractivity contribution is 5.43. The second kappa shape index (κ2) is 22.9. The minimum Gasteiger partial charge on any atom is -0.494 e. The number of unbranched alkanes of at least 4 members (excludes halogenated alkanes) is 19. The maximum Gasteiger partial charge on any atom is 0.121 e. The van der Waals surface area contributed by atoms with Gasteiger partial charge >= 0.3 is 0 Å². The molecule has 2 aromatic rings. The summed E-state index contributed by atoms with van der Waals surface area (Å²) in [5, 5.41) is 17.7. The molecular formula is C34H59N3O2. The molecule has 0 aliphatic carbocycles. The Hall–Kier alpha value is -1.88. The Labute approximate surface area is 240 Å². The van der Waals surface area contributed by atoms with Gasteiger partial charge in [-0.3, -0.25) is 0 Å². The summed E-state index contributed by atoms with van der Waals surface area (Å²) in [7, 11) is 0. The molecule has 5 heteroatoms. The van der Waals surface area contributed by atoms with Crippen LogP contribution in [0.3, 0.4) is 0 Å². The number of nitrogens with zero attached hydrogens (tertiary/aromatic N) is 3. The van der Waals surface area contributed by atoms with E-state index in [1.54, 1.807) is 10.9 Å². The summed E-state index contributed by atoms with van der Waals surface area (Å²) in [4.78, 5) is 0. The number of hydrogen-bond acceptors (Lipinski definition) is 4. The Morgan fingerprint density at radius 3 is 1.67 bits per heavy atom. The zero-order valence-corrected chi connectivity index (χ0v) is 25.5. The first-order valence-corrected chi connectivity index (χ1v) is 16.6. The molecule has 222 valence electrons. The van der Waals surface area contributed by atoms with Gasteiger partial charge in [0.05, 0.1) is 25.1 Å². The third-order valence-electron chi connectivity index (χ3n) is 7.75. The van der Waals surface area contributed by atoms with E-state index >= 15 is 0 Å². The molecule has 2 rings (SSSR count). The predicted octanol–water partition coefficient (Wildman–Crippen LogP) is 9.91. The Kier molecular flexibility index (Phi) is 19.6. The smallest absolute Gasteiger partial charge is 0.121 e. The zero-order valence-electron chi connectivity index (χ0n) is 25.5. The highest BCUT2D eigenvalue weighted by Crippen LogP contribution is 2.23. The Balaban J connectivity index is 1.70. The van der Waals surface area contributed by atoms with Crippen LogP contribution in [0.1, 0.15) is 160 Å². The summed E-state index contributed by atoms with van der Waals surface area (Å²) in [5.74, 6) is 0.918. The molecule has 0 spiro atoms. The number of ether oxygens (including phenoxy) is 1. The van der Waals surface area contributed by atoms with Crippen molar-refractivity contribution in [2.45, 2.75) is 162 Å². The molecule has 1 N–H and O–H groups in total. The number of aliphatic hydroxyl groups excluding tert-OH is 1. The molecule has 0 unspecified atom stereocenters. The molecule has 0 aliphatic heterocycles. The summed E-state index contributed by atoms with van der Waals surface area (Å²) < 4.78 is 7.95. The van der Waals surface area contributed by atoms with Crippen LogP contribution in [0.15, 0.2) is 24.4 Å². The highest BCUT2D eigenvalue weighted by atomic mass is 16.5. The monoisotopic (exact) mass is 541 g/mol. The second-order valence-electron chi connectivity index (χ2n) is 11.5.